The fourth-order valence-electron chi connectivity index (χ4n) is 5.35. The molecule has 0 aliphatic carbocycles. The van der Waals surface area contributed by atoms with E-state index in [9.17, 15) is 24.9 Å². The fraction of sp³-hybridized carbons (Fsp3) is 0.536. The minimum Gasteiger partial charge on any atom is -0.464 e. The van der Waals surface area contributed by atoms with Crippen molar-refractivity contribution in [1.29, 1.82) is 5.26 Å². The van der Waals surface area contributed by atoms with Crippen LogP contribution in [0.25, 0.3) is 11.0 Å². The lowest BCUT2D eigenvalue weighted by Crippen LogP contribution is -2.51. The van der Waals surface area contributed by atoms with E-state index in [-0.39, 0.29) is 24.5 Å². The normalized spacial score (nSPS) is 19.6. The number of nitrogens with zero attached hydrogens (tertiary/aromatic N) is 3. The lowest BCUT2D eigenvalue weighted by atomic mass is 9.76. The molecule has 0 bridgehead atoms. The van der Waals surface area contributed by atoms with Gasteiger partial charge in [-0.3, -0.25) is 9.69 Å². The van der Waals surface area contributed by atoms with Gasteiger partial charge in [-0.05, 0) is 57.2 Å². The van der Waals surface area contributed by atoms with Gasteiger partial charge in [0, 0.05) is 30.6 Å². The predicted octanol–water partition coefficient (Wildman–Crippen LogP) is 2.02. The highest BCUT2D eigenvalue weighted by Crippen LogP contribution is 2.24. The van der Waals surface area contributed by atoms with E-state index in [2.05, 4.69) is 16.3 Å². The van der Waals surface area contributed by atoms with E-state index in [4.69, 9.17) is 13.9 Å². The molecule has 1 aromatic carbocycles. The Morgan fingerprint density at radius 2 is 2.00 bits per heavy atom. The number of hydrogen-bond donors (Lipinski definition) is 3. The van der Waals surface area contributed by atoms with Gasteiger partial charge in [0.25, 0.3) is 5.91 Å². The molecule has 2 fully saturated rings. The predicted molar refractivity (Wildman–Crippen MR) is 148 cm³/mol. The zero-order chi connectivity index (χ0) is 28.7. The van der Waals surface area contributed by atoms with Crippen LogP contribution >= 0.6 is 0 Å². The molecule has 2 amide bonds. The molecule has 3 heterocycles. The van der Waals surface area contributed by atoms with Crippen molar-refractivity contribution >= 4 is 30.1 Å². The molecule has 1 unspecified atom stereocenters. The van der Waals surface area contributed by atoms with E-state index < -0.39 is 30.7 Å². The molecule has 12 heteroatoms. The Bertz CT molecular complexity index is 1250. The van der Waals surface area contributed by atoms with E-state index in [1.165, 1.54) is 6.26 Å². The largest absolute Gasteiger partial charge is 0.475 e. The second-order valence-electron chi connectivity index (χ2n) is 10.8. The number of ether oxygens (including phenoxy) is 2. The zero-order valence-corrected chi connectivity index (χ0v) is 23.0. The number of para-hydroxylation sites is 1. The number of piperidine rings is 1. The maximum atomic E-state index is 13.5. The molecule has 1 aromatic heterocycles. The first-order valence-corrected chi connectivity index (χ1v) is 13.7. The Morgan fingerprint density at radius 3 is 2.73 bits per heavy atom. The SMILES string of the molecule is CC(C)(C=C(C#N)C(=O)N1CCCC[C@@H]1COC(=O)NC(Cc1coc2ccccc12)B(O)O)N1CCOCC1. The minimum absolute atomic E-state index is 0.0589. The third-order valence-electron chi connectivity index (χ3n) is 7.63. The van der Waals surface area contributed by atoms with E-state index in [1.54, 1.807) is 17.0 Å². The molecule has 0 spiro atoms. The first kappa shape index (κ1) is 29.6. The minimum atomic E-state index is -1.83. The summed E-state index contributed by atoms with van der Waals surface area (Å²) in [7, 11) is -1.83. The number of carbonyl (C=O) groups is 2. The number of carbonyl (C=O) groups excluding carboxylic acids is 2. The number of nitriles is 1. The number of amides is 2. The molecule has 2 aromatic rings. The number of rotatable bonds is 9. The maximum absolute atomic E-state index is 13.5. The number of hydrogen-bond acceptors (Lipinski definition) is 9. The molecule has 2 atom stereocenters. The lowest BCUT2D eigenvalue weighted by molar-refractivity contribution is -0.131. The third-order valence-corrected chi connectivity index (χ3v) is 7.63. The van der Waals surface area contributed by atoms with Crippen LogP contribution in [-0.4, -0.2) is 95.9 Å². The Hall–Kier alpha value is -3.37. The van der Waals surface area contributed by atoms with E-state index in [0.29, 0.717) is 50.4 Å². The van der Waals surface area contributed by atoms with Gasteiger partial charge in [0.1, 0.15) is 23.8 Å². The summed E-state index contributed by atoms with van der Waals surface area (Å²) < 4.78 is 16.4. The van der Waals surface area contributed by atoms with Crippen LogP contribution in [0.3, 0.4) is 0 Å². The highest BCUT2D eigenvalue weighted by atomic mass is 16.5. The highest BCUT2D eigenvalue weighted by molar-refractivity contribution is 6.43. The molecule has 214 valence electrons. The van der Waals surface area contributed by atoms with Gasteiger partial charge in [0.05, 0.1) is 31.5 Å². The summed E-state index contributed by atoms with van der Waals surface area (Å²) in [5.41, 5.74) is 0.928. The van der Waals surface area contributed by atoms with Crippen molar-refractivity contribution in [2.24, 2.45) is 0 Å². The number of furan rings is 1. The van der Waals surface area contributed by atoms with Crippen molar-refractivity contribution in [3.63, 3.8) is 0 Å². The van der Waals surface area contributed by atoms with Gasteiger partial charge >= 0.3 is 13.2 Å². The standard InChI is InChI=1S/C28H37BN4O7/c1-28(2,32-11-13-38-14-12-32)16-21(17-30)26(34)33-10-6-5-7-22(33)19-40-27(35)31-25(29(36)37)15-20-18-39-24-9-4-3-8-23(20)24/h3-4,8-9,16,18,22,25,36-37H,5-7,10-15,19H2,1-2H3,(H,31,35)/t22-,25?/m1/s1. The number of fused-ring (bicyclic) bond motifs is 1. The number of likely N-dealkylation sites (tertiary alicyclic amines) is 1. The Morgan fingerprint density at radius 1 is 1.25 bits per heavy atom. The van der Waals surface area contributed by atoms with E-state index >= 15 is 0 Å². The number of alkyl carbamates (subject to hydrolysis) is 1. The quantitative estimate of drug-likeness (QED) is 0.241. The van der Waals surface area contributed by atoms with Crippen molar-refractivity contribution in [3.05, 3.63) is 47.7 Å². The summed E-state index contributed by atoms with van der Waals surface area (Å²) in [5.74, 6) is -1.42. The smallest absolute Gasteiger partial charge is 0.464 e. The third kappa shape index (κ3) is 7.23. The molecule has 4 rings (SSSR count). The summed E-state index contributed by atoms with van der Waals surface area (Å²) in [6.45, 7) is 6.97. The zero-order valence-electron chi connectivity index (χ0n) is 23.0. The highest BCUT2D eigenvalue weighted by Gasteiger charge is 2.34. The number of nitrogens with one attached hydrogen (secondary N) is 1. The molecule has 2 aliphatic rings. The van der Waals surface area contributed by atoms with Gasteiger partial charge in [0.15, 0.2) is 0 Å². The number of benzene rings is 1. The van der Waals surface area contributed by atoms with Gasteiger partial charge in [-0.15, -0.1) is 0 Å². The summed E-state index contributed by atoms with van der Waals surface area (Å²) >= 11 is 0. The van der Waals surface area contributed by atoms with Gasteiger partial charge in [0.2, 0.25) is 0 Å². The van der Waals surface area contributed by atoms with Crippen LogP contribution in [0.15, 0.2) is 46.6 Å². The van der Waals surface area contributed by atoms with Crippen molar-refractivity contribution < 1.29 is 33.5 Å². The molecule has 0 radical (unpaired) electrons. The second-order valence-corrected chi connectivity index (χ2v) is 10.8. The summed E-state index contributed by atoms with van der Waals surface area (Å²) in [6, 6.07) is 9.03. The lowest BCUT2D eigenvalue weighted by Gasteiger charge is -2.39. The van der Waals surface area contributed by atoms with Crippen LogP contribution < -0.4 is 5.32 Å². The molecule has 40 heavy (non-hydrogen) atoms. The molecule has 0 saturated carbocycles. The first-order chi connectivity index (χ1) is 19.2. The monoisotopic (exact) mass is 552 g/mol. The van der Waals surface area contributed by atoms with Crippen molar-refractivity contribution in [3.8, 4) is 6.07 Å². The topological polar surface area (TPSA) is 148 Å². The average molecular weight is 552 g/mol. The second kappa shape index (κ2) is 13.3. The Labute approximate surface area is 234 Å². The van der Waals surface area contributed by atoms with Crippen LogP contribution in [0, 0.1) is 11.3 Å². The first-order valence-electron chi connectivity index (χ1n) is 13.7. The van der Waals surface area contributed by atoms with Gasteiger partial charge in [-0.1, -0.05) is 18.2 Å². The van der Waals surface area contributed by atoms with Crippen molar-refractivity contribution in [1.82, 2.24) is 15.1 Å². The van der Waals surface area contributed by atoms with Crippen molar-refractivity contribution in [2.45, 2.75) is 57.1 Å². The van der Waals surface area contributed by atoms with E-state index in [0.717, 1.165) is 18.2 Å². The molecular weight excluding hydrogens is 515 g/mol. The van der Waals surface area contributed by atoms with Gasteiger partial charge in [-0.2, -0.15) is 5.26 Å². The summed E-state index contributed by atoms with van der Waals surface area (Å²) in [5, 5.41) is 33.0. The summed E-state index contributed by atoms with van der Waals surface area (Å²) in [4.78, 5) is 29.9. The summed E-state index contributed by atoms with van der Waals surface area (Å²) in [6.07, 6.45) is 4.80. The fourth-order valence-corrected chi connectivity index (χ4v) is 5.35. The van der Waals surface area contributed by atoms with Crippen molar-refractivity contribution in [2.75, 3.05) is 39.5 Å². The Kier molecular flexibility index (Phi) is 9.87. The Balaban J connectivity index is 1.37. The molecular formula is C28H37BN4O7. The van der Waals surface area contributed by atoms with Crippen LogP contribution in [0.1, 0.15) is 38.7 Å². The molecule has 3 N–H and O–H groups in total. The molecule has 2 saturated heterocycles. The van der Waals surface area contributed by atoms with Crippen LogP contribution in [-0.2, 0) is 20.7 Å². The molecule has 11 nitrogen and oxygen atoms in total. The van der Waals surface area contributed by atoms with Crippen LogP contribution in [0.4, 0.5) is 4.79 Å². The van der Waals surface area contributed by atoms with Crippen LogP contribution in [0.5, 0.6) is 0 Å². The van der Waals surface area contributed by atoms with Gasteiger partial charge < -0.3 is 34.2 Å². The van der Waals surface area contributed by atoms with E-state index in [1.807, 2.05) is 32.0 Å². The van der Waals surface area contributed by atoms with Crippen LogP contribution in [0.2, 0.25) is 0 Å². The average Bonchev–Trinajstić information content (AvgIpc) is 3.37. The maximum Gasteiger partial charge on any atom is 0.475 e. The molecule has 2 aliphatic heterocycles. The van der Waals surface area contributed by atoms with Gasteiger partial charge in [-0.25, -0.2) is 4.79 Å². The number of morpholine rings is 1.